The molecule has 0 spiro atoms. The van der Waals surface area contributed by atoms with Gasteiger partial charge in [0.25, 0.3) is 22.2 Å². The molecule has 4 saturated heterocycles. The zero-order valence-electron chi connectivity index (χ0n) is 64.2. The van der Waals surface area contributed by atoms with Crippen LogP contribution in [0.25, 0.3) is 50.6 Å². The summed E-state index contributed by atoms with van der Waals surface area (Å²) in [4.78, 5) is 106. The van der Waals surface area contributed by atoms with Gasteiger partial charge in [0.05, 0.1) is 72.9 Å². The predicted molar refractivity (Wildman–Crippen MR) is 464 cm³/mol. The zero-order chi connectivity index (χ0) is 84.7. The number of aliphatic hydroxyl groups excluding tert-OH is 1. The van der Waals surface area contributed by atoms with Crippen LogP contribution >= 0.6 is 81.2 Å². The van der Waals surface area contributed by atoms with Crippen molar-refractivity contribution in [3.05, 3.63) is 278 Å². The molecule has 16 aromatic rings. The summed E-state index contributed by atoms with van der Waals surface area (Å²) in [6, 6.07) is 43.8. The molecule has 20 rings (SSSR count). The molecule has 620 valence electrons. The molecule has 0 bridgehead atoms. The molecule has 4 atom stereocenters. The fourth-order valence-corrected chi connectivity index (χ4v) is 16.3. The smallest absolute Gasteiger partial charge is 0.284 e. The first-order valence-corrected chi connectivity index (χ1v) is 40.9. The molecular weight excluding hydrogens is 1700 g/mol. The average Bonchev–Trinajstić information content (AvgIpc) is 1.54. The number of benzene rings is 4. The number of alkyl halides is 1. The fraction of sp³-hybridized carbons (Fsp3) is 0.241. The van der Waals surface area contributed by atoms with Crippen LogP contribution in [0.4, 0.5) is 35.7 Å². The zero-order valence-corrected chi connectivity index (χ0v) is 69.4. The normalized spacial score (nSPS) is 16.2. The summed E-state index contributed by atoms with van der Waals surface area (Å²) in [7, 11) is 0. The van der Waals surface area contributed by atoms with Crippen LogP contribution in [-0.2, 0) is 4.79 Å². The van der Waals surface area contributed by atoms with Gasteiger partial charge in [-0.05, 0) is 161 Å². The van der Waals surface area contributed by atoms with Crippen molar-refractivity contribution in [3.63, 3.8) is 0 Å². The van der Waals surface area contributed by atoms with E-state index in [2.05, 4.69) is 60.2 Å². The lowest BCUT2D eigenvalue weighted by atomic mass is 10.2. The summed E-state index contributed by atoms with van der Waals surface area (Å²) in [6.07, 6.45) is 17.9. The summed E-state index contributed by atoms with van der Waals surface area (Å²) in [5.41, 5.74) is 21.0. The van der Waals surface area contributed by atoms with E-state index in [4.69, 9.17) is 124 Å². The van der Waals surface area contributed by atoms with Gasteiger partial charge in [-0.25, -0.2) is 23.0 Å². The van der Waals surface area contributed by atoms with Crippen molar-refractivity contribution in [2.75, 3.05) is 70.6 Å². The minimum atomic E-state index is -0.266. The Labute approximate surface area is 721 Å². The standard InChI is InChI=1S/C21H18ClN9O.C19H14Cl3N7O.C19H18ClN9O.C16H15ClN4O.C2H3ClO.C2H6O/c22-14-8-11-30-16(14)18(32)31(13-5-2-1-3-6-13)17(27-30)15-7-4-10-28(15)21-26-19(23)25-20-24-9-12-29(20)21;2*20-12-8-10-28-14(12)16(30)29(11-5-2-1-3-6-11)15(26-28)13-7-4-9-27(13)19-24-17(21)23-18(22)25-19;17-12-8-10-20-14(12)16(22)21(11-5-2-1-3-6-11)15(19-20)13-7-4-9-18-13;3-1-2-4;1-2-3/h1-3,5-6,8-9,11-12,15H,4,7,10H2,(H2,23,24,25);1-3,5-6,8,10,13H,4,7,9H2;1-3,5-6,8,10,13H,4,7,9H2,(H4,21,22,23,24,25);1-3,5-6,8,10,13,18H,4,7,9H2;2H,1H2;3H,2H2,1H3/t15-;3*13-;;/m0000../s1. The van der Waals surface area contributed by atoms with Gasteiger partial charge < -0.3 is 47.1 Å². The highest BCUT2D eigenvalue weighted by Gasteiger charge is 2.38. The molecule has 42 heteroatoms. The first kappa shape index (κ1) is 83.6. The Morgan fingerprint density at radius 1 is 0.430 bits per heavy atom. The third-order valence-electron chi connectivity index (χ3n) is 20.1. The first-order valence-electron chi connectivity index (χ1n) is 38.1. The van der Waals surface area contributed by atoms with E-state index < -0.39 is 0 Å². The summed E-state index contributed by atoms with van der Waals surface area (Å²) in [5.74, 6) is 4.59. The van der Waals surface area contributed by atoms with E-state index in [-0.39, 0.29) is 87.3 Å². The van der Waals surface area contributed by atoms with Crippen LogP contribution in [0.15, 0.2) is 202 Å². The maximum absolute atomic E-state index is 13.6. The third-order valence-corrected chi connectivity index (χ3v) is 21.7. The van der Waals surface area contributed by atoms with E-state index in [0.717, 1.165) is 81.7 Å². The molecule has 121 heavy (non-hydrogen) atoms. The largest absolute Gasteiger partial charge is 0.397 e. The number of anilines is 6. The number of aromatic nitrogens is 22. The number of nitrogens with one attached hydrogen (secondary N) is 1. The number of rotatable bonds is 12. The van der Waals surface area contributed by atoms with Gasteiger partial charge in [-0.3, -0.25) is 41.8 Å². The Morgan fingerprint density at radius 3 is 1.13 bits per heavy atom. The molecule has 0 aliphatic carbocycles. The summed E-state index contributed by atoms with van der Waals surface area (Å²) in [5, 5.41) is 31.5. The minimum Gasteiger partial charge on any atom is -0.397 e. The van der Waals surface area contributed by atoms with Crippen LogP contribution in [0.2, 0.25) is 30.7 Å². The van der Waals surface area contributed by atoms with Gasteiger partial charge in [0.2, 0.25) is 52.0 Å². The average molecular weight is 1770 g/mol. The number of halogens is 7. The number of nitrogens with two attached hydrogens (primary N) is 3. The molecule has 4 aromatic carbocycles. The number of carbonyl (C=O) groups is 1. The molecule has 4 fully saturated rings. The number of carbonyl (C=O) groups excluding carboxylic acids is 1. The molecule has 0 saturated carbocycles. The monoisotopic (exact) mass is 1770 g/mol. The van der Waals surface area contributed by atoms with Gasteiger partial charge in [0.1, 0.15) is 28.4 Å². The topological polar surface area (TPSA) is 415 Å². The summed E-state index contributed by atoms with van der Waals surface area (Å²) < 4.78 is 14.5. The lowest BCUT2D eigenvalue weighted by Crippen LogP contribution is -2.34. The molecular formula is C79H74Cl7N29O6. The van der Waals surface area contributed by atoms with Crippen LogP contribution in [-0.4, -0.2) is 156 Å². The van der Waals surface area contributed by atoms with Crippen LogP contribution in [0, 0.1) is 0 Å². The molecule has 0 amide bonds. The van der Waals surface area contributed by atoms with E-state index >= 15 is 0 Å². The first-order chi connectivity index (χ1) is 58.7. The Kier molecular flexibility index (Phi) is 25.6. The second kappa shape index (κ2) is 37.0. The Bertz CT molecular complexity index is 6440. The molecule has 8 N–H and O–H groups in total. The highest BCUT2D eigenvalue weighted by molar-refractivity contribution is 6.35. The number of aldehydes is 1. The number of nitrogens with zero attached hydrogens (tertiary/aromatic N) is 25. The van der Waals surface area contributed by atoms with Gasteiger partial charge in [0.15, 0.2) is 23.3 Å². The highest BCUT2D eigenvalue weighted by atomic mass is 35.5. The molecule has 4 aliphatic heterocycles. The van der Waals surface area contributed by atoms with Crippen molar-refractivity contribution in [2.24, 2.45) is 0 Å². The summed E-state index contributed by atoms with van der Waals surface area (Å²) >= 11 is 41.8. The molecule has 0 radical (unpaired) electrons. The Hall–Kier alpha value is -12.5. The van der Waals surface area contributed by atoms with E-state index in [9.17, 15) is 19.2 Å². The SMILES string of the molecule is CCO.Nc1nc(N)nc(N2CCC[C@H]2c2nn3ccc(Cl)c3c(=O)n2-c2ccccc2)n1.Nc1nc(N2CCC[C@H]2c2nn3ccc(Cl)c3c(=O)n2-c2ccccc2)n2ccnc2n1.O=CCCl.O=c1c2c(Cl)ccn2nc([C@@H]2CCCN2)n1-c1ccccc1.O=c1c2c(Cl)ccn2nc([C@@H]2CCCN2c2nc(Cl)nc(Cl)n2)n1-c1ccccc1. The minimum absolute atomic E-state index is 0.0108. The third kappa shape index (κ3) is 17.3. The van der Waals surface area contributed by atoms with E-state index in [1.54, 1.807) is 100 Å². The number of aliphatic hydroxyl groups is 1. The second-order valence-electron chi connectivity index (χ2n) is 27.5. The second-order valence-corrected chi connectivity index (χ2v) is 30.1. The van der Waals surface area contributed by atoms with Crippen molar-refractivity contribution < 1.29 is 9.90 Å². The lowest BCUT2D eigenvalue weighted by molar-refractivity contribution is -0.105. The van der Waals surface area contributed by atoms with Crippen LogP contribution in [0.3, 0.4) is 0 Å². The van der Waals surface area contributed by atoms with E-state index in [0.29, 0.717) is 114 Å². The van der Waals surface area contributed by atoms with E-state index in [1.165, 1.54) is 9.03 Å². The molecule has 16 heterocycles. The van der Waals surface area contributed by atoms with Crippen LogP contribution in [0.1, 0.15) is 106 Å². The number of hydrogen-bond acceptors (Lipinski definition) is 26. The maximum Gasteiger partial charge on any atom is 0.284 e. The predicted octanol–water partition coefficient (Wildman–Crippen LogP) is 11.3. The van der Waals surface area contributed by atoms with Crippen LogP contribution in [0.5, 0.6) is 0 Å². The van der Waals surface area contributed by atoms with Crippen molar-refractivity contribution in [3.8, 4) is 22.7 Å². The molecule has 4 aliphatic rings. The van der Waals surface area contributed by atoms with Gasteiger partial charge in [-0.2, -0.15) is 60.3 Å². The summed E-state index contributed by atoms with van der Waals surface area (Å²) in [6.45, 7) is 4.93. The fourth-order valence-electron chi connectivity index (χ4n) is 15.1. The lowest BCUT2D eigenvalue weighted by Gasteiger charge is -2.27. The van der Waals surface area contributed by atoms with Crippen molar-refractivity contribution in [2.45, 2.75) is 82.5 Å². The van der Waals surface area contributed by atoms with Crippen molar-refractivity contribution in [1.29, 1.82) is 0 Å². The van der Waals surface area contributed by atoms with Crippen molar-refractivity contribution in [1.82, 2.24) is 111 Å². The highest BCUT2D eigenvalue weighted by Crippen LogP contribution is 2.39. The number of fused-ring (bicyclic) bond motifs is 5. The maximum atomic E-state index is 13.6. The van der Waals surface area contributed by atoms with Crippen LogP contribution < -0.4 is 59.5 Å². The number of para-hydroxylation sites is 4. The number of imidazole rings is 1. The van der Waals surface area contributed by atoms with Gasteiger partial charge in [0, 0.05) is 63.4 Å². The number of nitrogen functional groups attached to an aromatic ring is 3. The molecule has 0 unspecified atom stereocenters. The number of hydrogen-bond donors (Lipinski definition) is 5. The Balaban J connectivity index is 0.000000123. The quantitative estimate of drug-likeness (QED) is 0.0560. The molecule has 35 nitrogen and oxygen atoms in total. The Morgan fingerprint density at radius 2 is 0.769 bits per heavy atom. The van der Waals surface area contributed by atoms with Crippen molar-refractivity contribution >= 4 is 151 Å². The van der Waals surface area contributed by atoms with Gasteiger partial charge >= 0.3 is 0 Å². The van der Waals surface area contributed by atoms with Gasteiger partial charge in [-0.1, -0.05) is 119 Å². The van der Waals surface area contributed by atoms with E-state index in [1.807, 2.05) is 131 Å². The van der Waals surface area contributed by atoms with Gasteiger partial charge in [-0.15, -0.1) is 11.6 Å². The molecule has 12 aromatic heterocycles.